The Kier molecular flexibility index (Phi) is 4.73. The Balaban J connectivity index is 1.85. The molecule has 1 aliphatic heterocycles. The summed E-state index contributed by atoms with van der Waals surface area (Å²) < 4.78 is 53.1. The monoisotopic (exact) mass is 380 g/mol. The number of hydrogen-bond donors (Lipinski definition) is 1. The molecule has 1 fully saturated rings. The van der Waals surface area contributed by atoms with Crippen molar-refractivity contribution in [2.75, 3.05) is 9.62 Å². The van der Waals surface area contributed by atoms with Crippen LogP contribution in [0.5, 0.6) is 0 Å². The fraction of sp³-hybridized carbons (Fsp3) is 0.176. The second kappa shape index (κ2) is 6.83. The summed E-state index contributed by atoms with van der Waals surface area (Å²) in [5.41, 5.74) is 0.0170. The van der Waals surface area contributed by atoms with Gasteiger partial charge in [-0.25, -0.2) is 17.2 Å². The minimum absolute atomic E-state index is 0.178. The Labute approximate surface area is 148 Å². The maximum Gasteiger partial charge on any atom is 0.261 e. The topological polar surface area (TPSA) is 83.6 Å². The van der Waals surface area contributed by atoms with E-state index < -0.39 is 21.7 Å². The number of hydrogen-bond acceptors (Lipinski definition) is 4. The Morgan fingerprint density at radius 1 is 0.885 bits per heavy atom. The van der Waals surface area contributed by atoms with Gasteiger partial charge in [0.2, 0.25) is 11.8 Å². The van der Waals surface area contributed by atoms with E-state index in [-0.39, 0.29) is 40.9 Å². The highest BCUT2D eigenvalue weighted by Crippen LogP contribution is 2.25. The fourth-order valence-corrected chi connectivity index (χ4v) is 3.68. The Morgan fingerprint density at radius 2 is 1.42 bits per heavy atom. The predicted molar refractivity (Wildman–Crippen MR) is 90.0 cm³/mol. The van der Waals surface area contributed by atoms with Crippen LogP contribution in [0.3, 0.4) is 0 Å². The lowest BCUT2D eigenvalue weighted by atomic mass is 10.1. The number of piperidine rings is 1. The average Bonchev–Trinajstić information content (AvgIpc) is 2.53. The molecule has 1 saturated heterocycles. The Bertz CT molecular complexity index is 939. The summed E-state index contributed by atoms with van der Waals surface area (Å²) in [6, 6.07) is 7.41. The van der Waals surface area contributed by atoms with Crippen molar-refractivity contribution in [3.05, 3.63) is 54.1 Å². The van der Waals surface area contributed by atoms with E-state index in [2.05, 4.69) is 4.72 Å². The molecule has 2 amide bonds. The molecular weight excluding hydrogens is 366 g/mol. The molecule has 1 aliphatic rings. The molecule has 2 aromatic carbocycles. The van der Waals surface area contributed by atoms with Gasteiger partial charge < -0.3 is 0 Å². The fourth-order valence-electron chi connectivity index (χ4n) is 2.64. The number of anilines is 2. The molecule has 0 saturated carbocycles. The van der Waals surface area contributed by atoms with Crippen LogP contribution in [0.1, 0.15) is 19.3 Å². The van der Waals surface area contributed by atoms with Gasteiger partial charge in [-0.15, -0.1) is 0 Å². The molecule has 2 aromatic rings. The Morgan fingerprint density at radius 3 is 1.96 bits per heavy atom. The van der Waals surface area contributed by atoms with Crippen molar-refractivity contribution in [3.63, 3.8) is 0 Å². The van der Waals surface area contributed by atoms with E-state index in [0.717, 1.165) is 17.0 Å². The summed E-state index contributed by atoms with van der Waals surface area (Å²) in [6.45, 7) is 0. The number of imide groups is 1. The van der Waals surface area contributed by atoms with Crippen molar-refractivity contribution >= 4 is 33.2 Å². The zero-order chi connectivity index (χ0) is 18.9. The van der Waals surface area contributed by atoms with Crippen LogP contribution in [0.15, 0.2) is 47.4 Å². The average molecular weight is 380 g/mol. The maximum absolute atomic E-state index is 13.2. The first-order valence-electron chi connectivity index (χ1n) is 7.71. The molecule has 9 heteroatoms. The zero-order valence-electron chi connectivity index (χ0n) is 13.4. The third-order valence-electron chi connectivity index (χ3n) is 3.80. The molecule has 1 heterocycles. The molecule has 26 heavy (non-hydrogen) atoms. The normalized spacial score (nSPS) is 15.2. The van der Waals surface area contributed by atoms with Gasteiger partial charge in [0.25, 0.3) is 10.0 Å². The quantitative estimate of drug-likeness (QED) is 0.827. The summed E-state index contributed by atoms with van der Waals surface area (Å²) in [5, 5.41) is 0. The second-order valence-corrected chi connectivity index (χ2v) is 7.42. The minimum Gasteiger partial charge on any atom is -0.279 e. The van der Waals surface area contributed by atoms with Crippen LogP contribution in [0.25, 0.3) is 0 Å². The molecule has 0 aliphatic carbocycles. The van der Waals surface area contributed by atoms with Gasteiger partial charge >= 0.3 is 0 Å². The van der Waals surface area contributed by atoms with Gasteiger partial charge in [0.05, 0.1) is 16.3 Å². The van der Waals surface area contributed by atoms with Crippen LogP contribution in [0.2, 0.25) is 0 Å². The molecular formula is C17H14F2N2O4S. The number of benzene rings is 2. The predicted octanol–water partition coefficient (Wildman–Crippen LogP) is 2.81. The summed E-state index contributed by atoms with van der Waals surface area (Å²) in [5.74, 6) is -2.52. The van der Waals surface area contributed by atoms with Crippen molar-refractivity contribution in [1.29, 1.82) is 0 Å². The van der Waals surface area contributed by atoms with Gasteiger partial charge in [0.15, 0.2) is 0 Å². The summed E-state index contributed by atoms with van der Waals surface area (Å²) >= 11 is 0. The summed E-state index contributed by atoms with van der Waals surface area (Å²) in [6.07, 6.45) is 0.992. The zero-order valence-corrected chi connectivity index (χ0v) is 14.2. The van der Waals surface area contributed by atoms with Crippen molar-refractivity contribution < 1.29 is 26.8 Å². The molecule has 6 nitrogen and oxygen atoms in total. The van der Waals surface area contributed by atoms with Crippen LogP contribution in [-0.4, -0.2) is 20.2 Å². The van der Waals surface area contributed by atoms with E-state index in [1.807, 2.05) is 0 Å². The van der Waals surface area contributed by atoms with E-state index >= 15 is 0 Å². The highest BCUT2D eigenvalue weighted by Gasteiger charge is 2.27. The third-order valence-corrected chi connectivity index (χ3v) is 5.20. The van der Waals surface area contributed by atoms with Crippen molar-refractivity contribution in [2.24, 2.45) is 0 Å². The largest absolute Gasteiger partial charge is 0.279 e. The molecule has 136 valence electrons. The number of halogens is 2. The van der Waals surface area contributed by atoms with Gasteiger partial charge in [-0.05, 0) is 42.8 Å². The number of rotatable bonds is 4. The first-order chi connectivity index (χ1) is 12.3. The maximum atomic E-state index is 13.2. The van der Waals surface area contributed by atoms with E-state index in [1.54, 1.807) is 0 Å². The summed E-state index contributed by atoms with van der Waals surface area (Å²) in [7, 11) is -4.09. The molecule has 3 rings (SSSR count). The number of carbonyl (C=O) groups excluding carboxylic acids is 2. The van der Waals surface area contributed by atoms with Crippen molar-refractivity contribution in [2.45, 2.75) is 24.2 Å². The molecule has 0 aromatic heterocycles. The smallest absolute Gasteiger partial charge is 0.261 e. The molecule has 0 spiro atoms. The molecule has 0 bridgehead atoms. The lowest BCUT2D eigenvalue weighted by Crippen LogP contribution is -2.40. The van der Waals surface area contributed by atoms with Crippen LogP contribution < -0.4 is 9.62 Å². The van der Waals surface area contributed by atoms with E-state index in [1.165, 1.54) is 24.3 Å². The van der Waals surface area contributed by atoms with Crippen LogP contribution >= 0.6 is 0 Å². The van der Waals surface area contributed by atoms with Crippen LogP contribution in [0, 0.1) is 11.6 Å². The van der Waals surface area contributed by atoms with E-state index in [9.17, 15) is 26.8 Å². The Hall–Kier alpha value is -2.81. The van der Waals surface area contributed by atoms with Gasteiger partial charge in [-0.3, -0.25) is 19.2 Å². The van der Waals surface area contributed by atoms with Crippen LogP contribution in [-0.2, 0) is 19.6 Å². The van der Waals surface area contributed by atoms with E-state index in [0.29, 0.717) is 12.5 Å². The van der Waals surface area contributed by atoms with Gasteiger partial charge in [-0.1, -0.05) is 0 Å². The highest BCUT2D eigenvalue weighted by molar-refractivity contribution is 7.92. The standard InChI is InChI=1S/C17H14F2N2O4S/c18-11-8-12(19)10-13(9-11)20-26(24,25)15-6-4-14(5-7-15)21-16(22)2-1-3-17(21)23/h4-10,20H,1-3H2. The minimum atomic E-state index is -4.09. The van der Waals surface area contributed by atoms with Crippen LogP contribution in [0.4, 0.5) is 20.2 Å². The highest BCUT2D eigenvalue weighted by atomic mass is 32.2. The van der Waals surface area contributed by atoms with E-state index in [4.69, 9.17) is 0 Å². The number of nitrogens with one attached hydrogen (secondary N) is 1. The first-order valence-corrected chi connectivity index (χ1v) is 9.19. The number of carbonyl (C=O) groups is 2. The summed E-state index contributed by atoms with van der Waals surface area (Å²) in [4.78, 5) is 24.6. The molecule has 1 N–H and O–H groups in total. The van der Waals surface area contributed by atoms with Gasteiger partial charge in [-0.2, -0.15) is 0 Å². The van der Waals surface area contributed by atoms with Crippen molar-refractivity contribution in [3.8, 4) is 0 Å². The SMILES string of the molecule is O=C1CCCC(=O)N1c1ccc(S(=O)(=O)Nc2cc(F)cc(F)c2)cc1. The number of amides is 2. The molecule has 0 radical (unpaired) electrons. The lowest BCUT2D eigenvalue weighted by molar-refractivity contribution is -0.129. The lowest BCUT2D eigenvalue weighted by Gasteiger charge is -2.24. The number of sulfonamides is 1. The van der Waals surface area contributed by atoms with Crippen molar-refractivity contribution in [1.82, 2.24) is 0 Å². The molecule has 0 unspecified atom stereocenters. The number of nitrogens with zero attached hydrogens (tertiary/aromatic N) is 1. The van der Waals surface area contributed by atoms with Gasteiger partial charge in [0, 0.05) is 18.9 Å². The third kappa shape index (κ3) is 3.72. The first kappa shape index (κ1) is 18.0. The second-order valence-electron chi connectivity index (χ2n) is 5.73. The van der Waals surface area contributed by atoms with Gasteiger partial charge in [0.1, 0.15) is 11.6 Å². The molecule has 0 atom stereocenters.